The van der Waals surface area contributed by atoms with Crippen LogP contribution in [0, 0.1) is 20.8 Å². The molecule has 0 heterocycles. The maximum Gasteiger partial charge on any atom is 0.264 e. The number of nitrogens with one attached hydrogen (secondary N) is 1. The first-order valence-electron chi connectivity index (χ1n) is 13.5. The number of amides is 2. The van der Waals surface area contributed by atoms with Crippen molar-refractivity contribution in [3.8, 4) is 5.75 Å². The van der Waals surface area contributed by atoms with Crippen molar-refractivity contribution in [1.82, 2.24) is 10.2 Å². The zero-order valence-corrected chi connectivity index (χ0v) is 26.0. The highest BCUT2D eigenvalue weighted by molar-refractivity contribution is 7.92. The van der Waals surface area contributed by atoms with E-state index in [9.17, 15) is 18.0 Å². The summed E-state index contributed by atoms with van der Waals surface area (Å²) in [7, 11) is -2.56. The Morgan fingerprint density at radius 1 is 0.927 bits per heavy atom. The lowest BCUT2D eigenvalue weighted by Gasteiger charge is -2.34. The molecule has 3 aromatic carbocycles. The third-order valence-corrected chi connectivity index (χ3v) is 8.68. The molecule has 0 saturated carbocycles. The van der Waals surface area contributed by atoms with E-state index in [-0.39, 0.29) is 17.3 Å². The highest BCUT2D eigenvalue weighted by atomic mass is 32.2. The number of sulfonamides is 1. The summed E-state index contributed by atoms with van der Waals surface area (Å²) in [5, 5.41) is 2.94. The predicted molar refractivity (Wildman–Crippen MR) is 163 cm³/mol. The van der Waals surface area contributed by atoms with E-state index in [0.29, 0.717) is 11.4 Å². The molecule has 0 spiro atoms. The number of nitrogens with zero attached hydrogens (tertiary/aromatic N) is 2. The number of ether oxygens (including phenoxy) is 1. The summed E-state index contributed by atoms with van der Waals surface area (Å²) >= 11 is 0. The van der Waals surface area contributed by atoms with Crippen LogP contribution < -0.4 is 14.4 Å². The molecular formula is C32H41N3O5S. The van der Waals surface area contributed by atoms with E-state index >= 15 is 0 Å². The Bertz CT molecular complexity index is 1480. The molecule has 0 fully saturated rings. The molecular weight excluding hydrogens is 538 g/mol. The van der Waals surface area contributed by atoms with Gasteiger partial charge in [-0.05, 0) is 95.5 Å². The van der Waals surface area contributed by atoms with Crippen LogP contribution in [0.1, 0.15) is 49.9 Å². The van der Waals surface area contributed by atoms with Crippen LogP contribution in [0.3, 0.4) is 0 Å². The Labute approximate surface area is 244 Å². The lowest BCUT2D eigenvalue weighted by Crippen LogP contribution is -2.54. The third-order valence-electron chi connectivity index (χ3n) is 6.91. The number of methoxy groups -OCH3 is 1. The number of rotatable bonds is 10. The maximum atomic E-state index is 14.1. The fourth-order valence-electron chi connectivity index (χ4n) is 4.34. The number of carbonyl (C=O) groups is 2. The number of hydrogen-bond acceptors (Lipinski definition) is 5. The smallest absolute Gasteiger partial charge is 0.264 e. The van der Waals surface area contributed by atoms with Crippen LogP contribution in [0.2, 0.25) is 0 Å². The standard InChI is InChI=1S/C32H41N3O5S/c1-22-12-18-28(19-13-22)41(38,39)35(29-11-9-10-23(2)24(29)3)21-30(36)34(25(4)31(37)33-32(5,6)7)20-26-14-16-27(40-8)17-15-26/h9-19,25H,20-21H2,1-8H3,(H,33,37)/t25-/m0/s1. The van der Waals surface area contributed by atoms with Gasteiger partial charge in [-0.3, -0.25) is 13.9 Å². The van der Waals surface area contributed by atoms with E-state index in [1.54, 1.807) is 62.6 Å². The monoisotopic (exact) mass is 579 g/mol. The first-order chi connectivity index (χ1) is 19.1. The minimum Gasteiger partial charge on any atom is -0.497 e. The van der Waals surface area contributed by atoms with Crippen LogP contribution in [0.4, 0.5) is 5.69 Å². The normalized spacial score (nSPS) is 12.4. The van der Waals surface area contributed by atoms with E-state index in [2.05, 4.69) is 5.32 Å². The number of aryl methyl sites for hydroxylation is 2. The molecule has 3 aromatic rings. The summed E-state index contributed by atoms with van der Waals surface area (Å²) in [6.45, 7) is 12.5. The van der Waals surface area contributed by atoms with E-state index in [0.717, 1.165) is 26.6 Å². The molecule has 0 aromatic heterocycles. The van der Waals surface area contributed by atoms with Crippen molar-refractivity contribution in [2.45, 2.75) is 71.5 Å². The molecule has 0 saturated heterocycles. The van der Waals surface area contributed by atoms with Gasteiger partial charge in [-0.1, -0.05) is 42.0 Å². The summed E-state index contributed by atoms with van der Waals surface area (Å²) in [5.74, 6) is -0.177. The van der Waals surface area contributed by atoms with Gasteiger partial charge in [0.05, 0.1) is 17.7 Å². The van der Waals surface area contributed by atoms with Crippen LogP contribution in [-0.2, 0) is 26.2 Å². The molecule has 1 atom stereocenters. The van der Waals surface area contributed by atoms with Gasteiger partial charge in [0.2, 0.25) is 11.8 Å². The Kier molecular flexibility index (Phi) is 9.86. The molecule has 1 N–H and O–H groups in total. The minimum absolute atomic E-state index is 0.0806. The van der Waals surface area contributed by atoms with Gasteiger partial charge >= 0.3 is 0 Å². The second-order valence-electron chi connectivity index (χ2n) is 11.3. The van der Waals surface area contributed by atoms with Crippen LogP contribution in [0.5, 0.6) is 5.75 Å². The number of anilines is 1. The number of carbonyl (C=O) groups excluding carboxylic acids is 2. The lowest BCUT2D eigenvalue weighted by molar-refractivity contribution is -0.140. The van der Waals surface area contributed by atoms with Gasteiger partial charge in [-0.15, -0.1) is 0 Å². The maximum absolute atomic E-state index is 14.1. The molecule has 3 rings (SSSR count). The van der Waals surface area contributed by atoms with Gasteiger partial charge in [0.15, 0.2) is 0 Å². The molecule has 220 valence electrons. The summed E-state index contributed by atoms with van der Waals surface area (Å²) in [5.41, 5.74) is 3.23. The van der Waals surface area contributed by atoms with Crippen LogP contribution in [-0.4, -0.2) is 50.4 Å². The Hall–Kier alpha value is -3.85. The SMILES string of the molecule is COc1ccc(CN(C(=O)CN(c2cccc(C)c2C)S(=O)(=O)c2ccc(C)cc2)[C@@H](C)C(=O)NC(C)(C)C)cc1. The van der Waals surface area contributed by atoms with Crippen molar-refractivity contribution in [3.63, 3.8) is 0 Å². The molecule has 0 unspecified atom stereocenters. The van der Waals surface area contributed by atoms with Crippen LogP contribution in [0.25, 0.3) is 0 Å². The summed E-state index contributed by atoms with van der Waals surface area (Å²) in [4.78, 5) is 28.9. The molecule has 0 bridgehead atoms. The van der Waals surface area contributed by atoms with Crippen LogP contribution in [0.15, 0.2) is 71.6 Å². The first kappa shape index (κ1) is 31.7. The minimum atomic E-state index is -4.13. The second kappa shape index (κ2) is 12.8. The van der Waals surface area contributed by atoms with Gasteiger partial charge in [-0.25, -0.2) is 8.42 Å². The molecule has 0 aliphatic rings. The van der Waals surface area contributed by atoms with E-state index in [1.807, 2.05) is 59.7 Å². The van der Waals surface area contributed by atoms with Crippen molar-refractivity contribution >= 4 is 27.5 Å². The van der Waals surface area contributed by atoms with Crippen molar-refractivity contribution in [1.29, 1.82) is 0 Å². The molecule has 0 radical (unpaired) electrons. The Balaban J connectivity index is 2.07. The van der Waals surface area contributed by atoms with Gasteiger partial charge in [0.25, 0.3) is 10.0 Å². The second-order valence-corrected chi connectivity index (χ2v) is 13.2. The van der Waals surface area contributed by atoms with E-state index in [4.69, 9.17) is 4.74 Å². The fourth-order valence-corrected chi connectivity index (χ4v) is 5.81. The van der Waals surface area contributed by atoms with Crippen molar-refractivity contribution in [2.75, 3.05) is 18.0 Å². The topological polar surface area (TPSA) is 96.0 Å². The number of hydrogen-bond donors (Lipinski definition) is 1. The van der Waals surface area contributed by atoms with Gasteiger partial charge in [0, 0.05) is 12.1 Å². The predicted octanol–water partition coefficient (Wildman–Crippen LogP) is 5.15. The summed E-state index contributed by atoms with van der Waals surface area (Å²) in [6.07, 6.45) is 0. The molecule has 0 aliphatic carbocycles. The Morgan fingerprint density at radius 2 is 1.54 bits per heavy atom. The average Bonchev–Trinajstić information content (AvgIpc) is 2.91. The van der Waals surface area contributed by atoms with Crippen molar-refractivity contribution in [3.05, 3.63) is 89.0 Å². The Morgan fingerprint density at radius 3 is 2.10 bits per heavy atom. The number of benzene rings is 3. The summed E-state index contributed by atoms with van der Waals surface area (Å²) in [6, 6.07) is 18.2. The molecule has 8 nitrogen and oxygen atoms in total. The van der Waals surface area contributed by atoms with Gasteiger partial charge in [-0.2, -0.15) is 0 Å². The van der Waals surface area contributed by atoms with Crippen LogP contribution >= 0.6 is 0 Å². The van der Waals surface area contributed by atoms with Gasteiger partial charge < -0.3 is 15.0 Å². The third kappa shape index (κ3) is 7.88. The molecule has 2 amide bonds. The summed E-state index contributed by atoms with van der Waals surface area (Å²) < 4.78 is 34.5. The van der Waals surface area contributed by atoms with E-state index < -0.39 is 34.1 Å². The van der Waals surface area contributed by atoms with Gasteiger partial charge in [0.1, 0.15) is 18.3 Å². The largest absolute Gasteiger partial charge is 0.497 e. The molecule has 9 heteroatoms. The fraction of sp³-hybridized carbons (Fsp3) is 0.375. The average molecular weight is 580 g/mol. The van der Waals surface area contributed by atoms with Crippen molar-refractivity contribution in [2.24, 2.45) is 0 Å². The lowest BCUT2D eigenvalue weighted by atomic mass is 10.1. The quantitative estimate of drug-likeness (QED) is 0.359. The zero-order chi connectivity index (χ0) is 30.5. The first-order valence-corrected chi connectivity index (χ1v) is 15.0. The highest BCUT2D eigenvalue weighted by Crippen LogP contribution is 2.29. The zero-order valence-electron chi connectivity index (χ0n) is 25.2. The van der Waals surface area contributed by atoms with E-state index in [1.165, 1.54) is 4.90 Å². The molecule has 0 aliphatic heterocycles. The molecule has 41 heavy (non-hydrogen) atoms. The highest BCUT2D eigenvalue weighted by Gasteiger charge is 2.34. The van der Waals surface area contributed by atoms with Crippen molar-refractivity contribution < 1.29 is 22.7 Å².